The first-order valence-electron chi connectivity index (χ1n) is 2.48. The van der Waals surface area contributed by atoms with Crippen molar-refractivity contribution in [3.63, 3.8) is 0 Å². The molecular formula is C5H4F3N2. The number of hydrogen-bond donors (Lipinski definition) is 0. The molecule has 1 radical (unpaired) electrons. The lowest BCUT2D eigenvalue weighted by Gasteiger charge is -1.98. The highest BCUT2D eigenvalue weighted by molar-refractivity contribution is 5.00. The summed E-state index contributed by atoms with van der Waals surface area (Å²) in [4.78, 5) is 0. The van der Waals surface area contributed by atoms with Gasteiger partial charge in [0.05, 0.1) is 0 Å². The summed E-state index contributed by atoms with van der Waals surface area (Å²) >= 11 is 0. The molecular weight excluding hydrogens is 145 g/mol. The van der Waals surface area contributed by atoms with Gasteiger partial charge in [0, 0.05) is 19.3 Å². The van der Waals surface area contributed by atoms with Crippen molar-refractivity contribution < 1.29 is 13.2 Å². The second kappa shape index (κ2) is 2.00. The third kappa shape index (κ3) is 1.29. The van der Waals surface area contributed by atoms with Gasteiger partial charge in [0.1, 0.15) is 0 Å². The Labute approximate surface area is 55.3 Å². The molecule has 1 aromatic rings. The topological polar surface area (TPSA) is 17.8 Å². The summed E-state index contributed by atoms with van der Waals surface area (Å²) in [6, 6.07) is 1.97. The predicted octanol–water partition coefficient (Wildman–Crippen LogP) is 1.24. The van der Waals surface area contributed by atoms with Crippen molar-refractivity contribution in [2.24, 2.45) is 7.05 Å². The first-order valence-corrected chi connectivity index (χ1v) is 2.48. The van der Waals surface area contributed by atoms with Crippen LogP contribution in [0.15, 0.2) is 6.20 Å². The van der Waals surface area contributed by atoms with E-state index in [-0.39, 0.29) is 0 Å². The molecule has 0 bridgehead atoms. The Morgan fingerprint density at radius 3 is 2.40 bits per heavy atom. The van der Waals surface area contributed by atoms with Crippen LogP contribution in [0.5, 0.6) is 0 Å². The predicted molar refractivity (Wildman–Crippen MR) is 27.0 cm³/mol. The quantitative estimate of drug-likeness (QED) is 0.542. The maximum Gasteiger partial charge on any atom is 0.435 e. The first-order chi connectivity index (χ1) is 4.50. The molecule has 1 rings (SSSR count). The molecule has 0 aliphatic heterocycles. The molecule has 0 amide bonds. The van der Waals surface area contributed by atoms with Crippen LogP contribution in [0.25, 0.3) is 0 Å². The number of hydrogen-bond acceptors (Lipinski definition) is 1. The van der Waals surface area contributed by atoms with E-state index < -0.39 is 11.9 Å². The Bertz CT molecular complexity index is 225. The summed E-state index contributed by atoms with van der Waals surface area (Å²) in [5.41, 5.74) is -0.977. The van der Waals surface area contributed by atoms with E-state index in [9.17, 15) is 13.2 Å². The molecule has 0 spiro atoms. The number of halogens is 3. The van der Waals surface area contributed by atoms with Crippen molar-refractivity contribution in [2.45, 2.75) is 6.18 Å². The summed E-state index contributed by atoms with van der Waals surface area (Å²) in [6.45, 7) is 0. The van der Waals surface area contributed by atoms with E-state index in [0.717, 1.165) is 10.9 Å². The highest BCUT2D eigenvalue weighted by Crippen LogP contribution is 2.26. The number of alkyl halides is 3. The largest absolute Gasteiger partial charge is 0.435 e. The Morgan fingerprint density at radius 2 is 2.20 bits per heavy atom. The molecule has 2 nitrogen and oxygen atoms in total. The van der Waals surface area contributed by atoms with Crippen LogP contribution in [0, 0.1) is 6.07 Å². The van der Waals surface area contributed by atoms with E-state index in [1.54, 1.807) is 0 Å². The molecule has 0 aliphatic rings. The van der Waals surface area contributed by atoms with Gasteiger partial charge < -0.3 is 0 Å². The van der Waals surface area contributed by atoms with Gasteiger partial charge in [-0.15, -0.1) is 0 Å². The second-order valence-electron chi connectivity index (χ2n) is 1.79. The second-order valence-corrected chi connectivity index (χ2v) is 1.79. The first kappa shape index (κ1) is 7.11. The van der Waals surface area contributed by atoms with E-state index >= 15 is 0 Å². The highest BCUT2D eigenvalue weighted by Gasteiger charge is 2.33. The standard InChI is InChI=1S/C5H4F3N2/c1-10-3-2-4(9-10)5(6,7)8/h3H,1H3. The van der Waals surface area contributed by atoms with E-state index in [2.05, 4.69) is 5.10 Å². The monoisotopic (exact) mass is 149 g/mol. The van der Waals surface area contributed by atoms with Crippen LogP contribution < -0.4 is 0 Å². The van der Waals surface area contributed by atoms with Gasteiger partial charge >= 0.3 is 6.18 Å². The van der Waals surface area contributed by atoms with Gasteiger partial charge in [-0.1, -0.05) is 0 Å². The molecule has 0 aliphatic carbocycles. The smallest absolute Gasteiger partial charge is 0.275 e. The fourth-order valence-electron chi connectivity index (χ4n) is 0.509. The van der Waals surface area contributed by atoms with Crippen LogP contribution in [0.2, 0.25) is 0 Å². The minimum absolute atomic E-state index is 0.977. The third-order valence-electron chi connectivity index (χ3n) is 0.914. The lowest BCUT2D eigenvalue weighted by molar-refractivity contribution is -0.141. The van der Waals surface area contributed by atoms with Gasteiger partial charge in [-0.25, -0.2) is 0 Å². The lowest BCUT2D eigenvalue weighted by Crippen LogP contribution is -2.06. The number of aryl methyl sites for hydroxylation is 1. The maximum absolute atomic E-state index is 11.7. The summed E-state index contributed by atoms with van der Waals surface area (Å²) in [6.07, 6.45) is -3.25. The number of nitrogens with zero attached hydrogens (tertiary/aromatic N) is 2. The molecule has 1 heterocycles. The Kier molecular flexibility index (Phi) is 1.42. The average Bonchev–Trinajstić information content (AvgIpc) is 2.11. The number of aromatic nitrogens is 2. The number of rotatable bonds is 0. The fourth-order valence-corrected chi connectivity index (χ4v) is 0.509. The molecule has 0 aromatic carbocycles. The van der Waals surface area contributed by atoms with Crippen LogP contribution in [-0.2, 0) is 13.2 Å². The SMILES string of the molecule is Cn1c[c]c(C(F)(F)F)n1. The maximum atomic E-state index is 11.7. The van der Waals surface area contributed by atoms with Crippen LogP contribution in [-0.4, -0.2) is 9.78 Å². The Balaban J connectivity index is 2.96. The summed E-state index contributed by atoms with van der Waals surface area (Å²) < 4.78 is 36.1. The van der Waals surface area contributed by atoms with Crippen molar-refractivity contribution in [3.8, 4) is 0 Å². The van der Waals surface area contributed by atoms with Gasteiger partial charge in [0.2, 0.25) is 0 Å². The highest BCUT2D eigenvalue weighted by atomic mass is 19.4. The van der Waals surface area contributed by atoms with Crippen molar-refractivity contribution in [3.05, 3.63) is 18.0 Å². The molecule has 0 atom stereocenters. The molecule has 1 aromatic heterocycles. The molecule has 0 fully saturated rings. The minimum Gasteiger partial charge on any atom is -0.275 e. The van der Waals surface area contributed by atoms with Crippen LogP contribution in [0.1, 0.15) is 5.69 Å². The molecule has 0 saturated carbocycles. The van der Waals surface area contributed by atoms with E-state index in [1.165, 1.54) is 7.05 Å². The normalized spacial score (nSPS) is 12.0. The van der Waals surface area contributed by atoms with Crippen LogP contribution in [0.3, 0.4) is 0 Å². The summed E-state index contributed by atoms with van der Waals surface area (Å²) in [5.74, 6) is 0. The fraction of sp³-hybridized carbons (Fsp3) is 0.400. The van der Waals surface area contributed by atoms with Crippen molar-refractivity contribution >= 4 is 0 Å². The summed E-state index contributed by atoms with van der Waals surface area (Å²) in [7, 11) is 1.41. The third-order valence-corrected chi connectivity index (χ3v) is 0.914. The van der Waals surface area contributed by atoms with Gasteiger partial charge in [0.25, 0.3) is 0 Å². The van der Waals surface area contributed by atoms with E-state index in [0.29, 0.717) is 0 Å². The lowest BCUT2D eigenvalue weighted by atomic mass is 10.4. The zero-order valence-corrected chi connectivity index (χ0v) is 5.11. The zero-order valence-electron chi connectivity index (χ0n) is 5.11. The van der Waals surface area contributed by atoms with Crippen molar-refractivity contribution in [2.75, 3.05) is 0 Å². The average molecular weight is 149 g/mol. The molecule has 10 heavy (non-hydrogen) atoms. The Morgan fingerprint density at radius 1 is 1.60 bits per heavy atom. The molecule has 0 unspecified atom stereocenters. The molecule has 55 valence electrons. The Hall–Kier alpha value is -1.00. The van der Waals surface area contributed by atoms with Gasteiger partial charge in [-0.05, 0) is 0 Å². The van der Waals surface area contributed by atoms with Gasteiger partial charge in [-0.3, -0.25) is 4.68 Å². The van der Waals surface area contributed by atoms with Crippen LogP contribution in [0.4, 0.5) is 13.2 Å². The van der Waals surface area contributed by atoms with E-state index in [4.69, 9.17) is 0 Å². The van der Waals surface area contributed by atoms with E-state index in [1.807, 2.05) is 6.07 Å². The minimum atomic E-state index is -4.37. The van der Waals surface area contributed by atoms with Crippen LogP contribution >= 0.6 is 0 Å². The molecule has 0 N–H and O–H groups in total. The van der Waals surface area contributed by atoms with Gasteiger partial charge in [-0.2, -0.15) is 18.3 Å². The van der Waals surface area contributed by atoms with Gasteiger partial charge in [0.15, 0.2) is 5.69 Å². The van der Waals surface area contributed by atoms with Crippen molar-refractivity contribution in [1.82, 2.24) is 9.78 Å². The molecule has 5 heteroatoms. The summed E-state index contributed by atoms with van der Waals surface area (Å²) in [5, 5.41) is 3.12. The van der Waals surface area contributed by atoms with Crippen molar-refractivity contribution in [1.29, 1.82) is 0 Å². The molecule has 0 saturated heterocycles. The zero-order chi connectivity index (χ0) is 7.78.